The third-order valence-electron chi connectivity index (χ3n) is 2.56. The minimum atomic E-state index is -0.410. The van der Waals surface area contributed by atoms with Crippen molar-refractivity contribution in [3.05, 3.63) is 52.2 Å². The Labute approximate surface area is 133 Å². The summed E-state index contributed by atoms with van der Waals surface area (Å²) in [6.45, 7) is 5.61. The number of hydrogen-bond acceptors (Lipinski definition) is 4. The number of carbonyl (C=O) groups excluding carboxylic acids is 2. The van der Waals surface area contributed by atoms with Crippen LogP contribution in [0.5, 0.6) is 0 Å². The fourth-order valence-corrected chi connectivity index (χ4v) is 2.29. The van der Waals surface area contributed by atoms with Crippen LogP contribution in [0.4, 0.5) is 0 Å². The quantitative estimate of drug-likeness (QED) is 0.851. The molecule has 0 aliphatic carbocycles. The number of carbonyl (C=O) groups is 2. The number of amides is 2. The van der Waals surface area contributed by atoms with Crippen LogP contribution in [0.2, 0.25) is 0 Å². The molecule has 0 aliphatic rings. The first-order chi connectivity index (χ1) is 10.3. The molecule has 2 amide bonds. The Balaban J connectivity index is 2.22. The smallest absolute Gasteiger partial charge is 0.268 e. The second-order valence-corrected chi connectivity index (χ2v) is 6.66. The maximum atomic E-state index is 12.4. The molecular weight excluding hydrogens is 300 g/mol. The van der Waals surface area contributed by atoms with Crippen molar-refractivity contribution in [3.8, 4) is 0 Å². The molecular formula is C16H18N2O3S. The van der Waals surface area contributed by atoms with Gasteiger partial charge in [-0.1, -0.05) is 6.07 Å². The van der Waals surface area contributed by atoms with E-state index >= 15 is 0 Å². The summed E-state index contributed by atoms with van der Waals surface area (Å²) < 4.78 is 5.21. The first-order valence-electron chi connectivity index (χ1n) is 6.78. The Morgan fingerprint density at radius 3 is 2.55 bits per heavy atom. The largest absolute Gasteiger partial charge is 0.465 e. The molecule has 0 aliphatic heterocycles. The highest BCUT2D eigenvalue weighted by Gasteiger charge is 2.20. The van der Waals surface area contributed by atoms with Gasteiger partial charge in [-0.15, -0.1) is 11.3 Å². The first-order valence-corrected chi connectivity index (χ1v) is 7.66. The molecule has 2 aromatic rings. The molecule has 0 aromatic carbocycles. The van der Waals surface area contributed by atoms with E-state index in [1.165, 1.54) is 23.7 Å². The lowest BCUT2D eigenvalue weighted by Gasteiger charge is -2.21. The number of nitrogens with one attached hydrogen (secondary N) is 2. The molecule has 2 rings (SSSR count). The normalized spacial score (nSPS) is 12.0. The molecule has 0 saturated heterocycles. The van der Waals surface area contributed by atoms with Gasteiger partial charge in [-0.05, 0) is 44.4 Å². The van der Waals surface area contributed by atoms with Gasteiger partial charge in [0.15, 0.2) is 0 Å². The monoisotopic (exact) mass is 318 g/mol. The molecule has 2 heterocycles. The Bertz CT molecular complexity index is 665. The van der Waals surface area contributed by atoms with Crippen LogP contribution in [-0.2, 0) is 4.79 Å². The lowest BCUT2D eigenvalue weighted by atomic mass is 10.1. The molecule has 0 unspecified atom stereocenters. The molecule has 2 N–H and O–H groups in total. The van der Waals surface area contributed by atoms with E-state index in [0.717, 1.165) is 0 Å². The third kappa shape index (κ3) is 4.60. The van der Waals surface area contributed by atoms with E-state index in [-0.39, 0.29) is 17.5 Å². The molecule has 2 aromatic heterocycles. The third-order valence-corrected chi connectivity index (χ3v) is 3.42. The summed E-state index contributed by atoms with van der Waals surface area (Å²) in [4.78, 5) is 25.1. The van der Waals surface area contributed by atoms with Gasteiger partial charge in [0.05, 0.1) is 11.1 Å². The van der Waals surface area contributed by atoms with Crippen LogP contribution in [0, 0.1) is 0 Å². The van der Waals surface area contributed by atoms with Crippen molar-refractivity contribution in [1.82, 2.24) is 10.6 Å². The Morgan fingerprint density at radius 1 is 1.23 bits per heavy atom. The second kappa shape index (κ2) is 6.62. The van der Waals surface area contributed by atoms with Crippen LogP contribution >= 0.6 is 11.3 Å². The standard InChI is InChI=1S/C16H18N2O3S/c1-16(2,3)18-14(19)12(10-11-6-4-8-21-11)17-15(20)13-7-5-9-22-13/h4-10H,1-3H3,(H,17,20)(H,18,19). The van der Waals surface area contributed by atoms with Crippen LogP contribution in [-0.4, -0.2) is 17.4 Å². The minimum absolute atomic E-state index is 0.142. The predicted molar refractivity (Wildman–Crippen MR) is 86.4 cm³/mol. The summed E-state index contributed by atoms with van der Waals surface area (Å²) in [5.41, 5.74) is -0.268. The zero-order valence-corrected chi connectivity index (χ0v) is 13.5. The van der Waals surface area contributed by atoms with Gasteiger partial charge in [0.25, 0.3) is 11.8 Å². The molecule has 6 heteroatoms. The molecule has 0 atom stereocenters. The van der Waals surface area contributed by atoms with Crippen LogP contribution in [0.25, 0.3) is 6.08 Å². The summed E-state index contributed by atoms with van der Waals surface area (Å²) in [5, 5.41) is 7.27. The van der Waals surface area contributed by atoms with Crippen molar-refractivity contribution in [2.45, 2.75) is 26.3 Å². The Kier molecular flexibility index (Phi) is 4.82. The highest BCUT2D eigenvalue weighted by molar-refractivity contribution is 7.12. The van der Waals surface area contributed by atoms with Gasteiger partial charge in [0.2, 0.25) is 0 Å². The van der Waals surface area contributed by atoms with Crippen molar-refractivity contribution in [1.29, 1.82) is 0 Å². The fourth-order valence-electron chi connectivity index (χ4n) is 1.67. The summed E-state index contributed by atoms with van der Waals surface area (Å²) in [6, 6.07) is 6.91. The van der Waals surface area contributed by atoms with Crippen molar-refractivity contribution >= 4 is 29.2 Å². The van der Waals surface area contributed by atoms with Gasteiger partial charge >= 0.3 is 0 Å². The van der Waals surface area contributed by atoms with Crippen LogP contribution in [0.15, 0.2) is 46.0 Å². The van der Waals surface area contributed by atoms with Gasteiger partial charge < -0.3 is 15.1 Å². The van der Waals surface area contributed by atoms with Crippen molar-refractivity contribution < 1.29 is 14.0 Å². The molecule has 0 fully saturated rings. The highest BCUT2D eigenvalue weighted by Crippen LogP contribution is 2.12. The Hall–Kier alpha value is -2.34. The molecule has 0 bridgehead atoms. The SMILES string of the molecule is CC(C)(C)NC(=O)C(=Cc1ccco1)NC(=O)c1cccs1. The molecule has 0 saturated carbocycles. The van der Waals surface area contributed by atoms with Gasteiger partial charge in [-0.3, -0.25) is 9.59 Å². The first kappa shape index (κ1) is 16.0. The van der Waals surface area contributed by atoms with E-state index in [1.807, 2.05) is 20.8 Å². The van der Waals surface area contributed by atoms with Crippen molar-refractivity contribution in [2.24, 2.45) is 0 Å². The lowest BCUT2D eigenvalue weighted by molar-refractivity contribution is -0.119. The molecule has 5 nitrogen and oxygen atoms in total. The van der Waals surface area contributed by atoms with E-state index < -0.39 is 5.54 Å². The van der Waals surface area contributed by atoms with Gasteiger partial charge in [0, 0.05) is 11.6 Å². The average Bonchev–Trinajstić information content (AvgIpc) is 3.09. The van der Waals surface area contributed by atoms with E-state index in [9.17, 15) is 9.59 Å². The molecule has 0 spiro atoms. The van der Waals surface area contributed by atoms with Crippen molar-refractivity contribution in [2.75, 3.05) is 0 Å². The van der Waals surface area contributed by atoms with Crippen LogP contribution in [0.3, 0.4) is 0 Å². The fraction of sp³-hybridized carbons (Fsp3) is 0.250. The zero-order valence-electron chi connectivity index (χ0n) is 12.7. The molecule has 0 radical (unpaired) electrons. The second-order valence-electron chi connectivity index (χ2n) is 5.71. The maximum Gasteiger partial charge on any atom is 0.268 e. The number of rotatable bonds is 4. The van der Waals surface area contributed by atoms with Gasteiger partial charge in [0.1, 0.15) is 11.5 Å². The maximum absolute atomic E-state index is 12.4. The van der Waals surface area contributed by atoms with Crippen LogP contribution in [0.1, 0.15) is 36.2 Å². The minimum Gasteiger partial charge on any atom is -0.465 e. The average molecular weight is 318 g/mol. The number of hydrogen-bond donors (Lipinski definition) is 2. The topological polar surface area (TPSA) is 71.3 Å². The van der Waals surface area contributed by atoms with E-state index in [1.54, 1.807) is 29.6 Å². The van der Waals surface area contributed by atoms with E-state index in [4.69, 9.17) is 4.42 Å². The molecule has 116 valence electrons. The number of furan rings is 1. The highest BCUT2D eigenvalue weighted by atomic mass is 32.1. The summed E-state index contributed by atoms with van der Waals surface area (Å²) in [6.07, 6.45) is 3.01. The van der Waals surface area contributed by atoms with Crippen LogP contribution < -0.4 is 10.6 Å². The summed E-state index contributed by atoms with van der Waals surface area (Å²) in [7, 11) is 0. The van der Waals surface area contributed by atoms with Crippen molar-refractivity contribution in [3.63, 3.8) is 0 Å². The summed E-state index contributed by atoms with van der Waals surface area (Å²) in [5.74, 6) is -0.198. The van der Waals surface area contributed by atoms with E-state index in [2.05, 4.69) is 10.6 Å². The summed E-state index contributed by atoms with van der Waals surface area (Å²) >= 11 is 1.31. The number of thiophene rings is 1. The predicted octanol–water partition coefficient (Wildman–Crippen LogP) is 3.03. The van der Waals surface area contributed by atoms with E-state index in [0.29, 0.717) is 10.6 Å². The van der Waals surface area contributed by atoms with Gasteiger partial charge in [-0.25, -0.2) is 0 Å². The Morgan fingerprint density at radius 2 is 2.00 bits per heavy atom. The van der Waals surface area contributed by atoms with Gasteiger partial charge in [-0.2, -0.15) is 0 Å². The lowest BCUT2D eigenvalue weighted by Crippen LogP contribution is -2.44. The molecule has 22 heavy (non-hydrogen) atoms. The zero-order chi connectivity index (χ0) is 16.2.